The second kappa shape index (κ2) is 7.81. The summed E-state index contributed by atoms with van der Waals surface area (Å²) in [5.41, 5.74) is 6.11. The summed E-state index contributed by atoms with van der Waals surface area (Å²) in [6.45, 7) is -0.338. The number of aliphatic carboxylic acids is 1. The lowest BCUT2D eigenvalue weighted by Crippen LogP contribution is -2.40. The van der Waals surface area contributed by atoms with Crippen LogP contribution in [-0.4, -0.2) is 40.6 Å². The van der Waals surface area contributed by atoms with E-state index in [1.165, 1.54) is 24.3 Å². The first-order valence-corrected chi connectivity index (χ1v) is 6.16. The van der Waals surface area contributed by atoms with Crippen molar-refractivity contribution in [2.24, 2.45) is 5.73 Å². The number of hydrogen-bond donors (Lipinski definition) is 4. The van der Waals surface area contributed by atoms with Crippen LogP contribution in [0.15, 0.2) is 30.3 Å². The van der Waals surface area contributed by atoms with E-state index in [9.17, 15) is 14.4 Å². The Morgan fingerprint density at radius 3 is 2.33 bits per heavy atom. The van der Waals surface area contributed by atoms with Gasteiger partial charge in [0.05, 0.1) is 0 Å². The van der Waals surface area contributed by atoms with Crippen LogP contribution >= 0.6 is 0 Å². The third kappa shape index (κ3) is 5.45. The van der Waals surface area contributed by atoms with Gasteiger partial charge in [-0.1, -0.05) is 12.1 Å². The zero-order chi connectivity index (χ0) is 15.8. The van der Waals surface area contributed by atoms with Crippen LogP contribution in [0.4, 0.5) is 0 Å². The molecule has 7 nitrogen and oxygen atoms in total. The van der Waals surface area contributed by atoms with Gasteiger partial charge < -0.3 is 21.3 Å². The van der Waals surface area contributed by atoms with Crippen molar-refractivity contribution in [2.45, 2.75) is 12.5 Å². The number of hydrogen-bond acceptors (Lipinski definition) is 4. The fraction of sp³-hybridized carbons (Fsp3) is 0.214. The molecule has 1 aromatic rings. The summed E-state index contributed by atoms with van der Waals surface area (Å²) in [5, 5.41) is 19.8. The number of nitrogens with two attached hydrogens (primary N) is 1. The number of aliphatic hydroxyl groups excluding tert-OH is 1. The molecule has 0 radical (unpaired) electrons. The van der Waals surface area contributed by atoms with E-state index < -0.39 is 23.8 Å². The van der Waals surface area contributed by atoms with Crippen molar-refractivity contribution in [1.82, 2.24) is 5.32 Å². The molecule has 1 aromatic carbocycles. The monoisotopic (exact) mass is 292 g/mol. The molecule has 0 spiro atoms. The highest BCUT2D eigenvalue weighted by molar-refractivity contribution is 5.95. The van der Waals surface area contributed by atoms with E-state index in [-0.39, 0.29) is 13.0 Å². The summed E-state index contributed by atoms with van der Waals surface area (Å²) in [7, 11) is 0. The molecule has 0 saturated heterocycles. The summed E-state index contributed by atoms with van der Waals surface area (Å²) >= 11 is 0. The topological polar surface area (TPSA) is 130 Å². The summed E-state index contributed by atoms with van der Waals surface area (Å²) in [6, 6.07) is 5.11. The Morgan fingerprint density at radius 1 is 1.24 bits per heavy atom. The van der Waals surface area contributed by atoms with Gasteiger partial charge in [-0.05, 0) is 23.8 Å². The van der Waals surface area contributed by atoms with E-state index in [4.69, 9.17) is 15.9 Å². The maximum atomic E-state index is 11.6. The molecule has 0 aromatic heterocycles. The zero-order valence-corrected chi connectivity index (χ0v) is 11.2. The Bertz CT molecular complexity index is 551. The first kappa shape index (κ1) is 16.4. The number of carbonyl (C=O) groups is 3. The minimum atomic E-state index is -1.21. The average molecular weight is 292 g/mol. The number of primary amides is 1. The van der Waals surface area contributed by atoms with E-state index in [0.717, 1.165) is 0 Å². The smallest absolute Gasteiger partial charge is 0.326 e. The molecule has 0 aliphatic rings. The van der Waals surface area contributed by atoms with Crippen molar-refractivity contribution >= 4 is 23.9 Å². The Morgan fingerprint density at radius 2 is 1.86 bits per heavy atom. The van der Waals surface area contributed by atoms with Gasteiger partial charge in [-0.25, -0.2) is 4.79 Å². The number of carboxylic acids is 1. The van der Waals surface area contributed by atoms with Gasteiger partial charge in [0, 0.05) is 24.7 Å². The van der Waals surface area contributed by atoms with Gasteiger partial charge >= 0.3 is 5.97 Å². The number of benzene rings is 1. The Hall–Kier alpha value is -2.67. The molecular formula is C14H16N2O5. The van der Waals surface area contributed by atoms with Crippen LogP contribution in [0.5, 0.6) is 0 Å². The van der Waals surface area contributed by atoms with Crippen molar-refractivity contribution in [1.29, 1.82) is 0 Å². The number of amides is 2. The van der Waals surface area contributed by atoms with Crippen LogP contribution in [0, 0.1) is 0 Å². The van der Waals surface area contributed by atoms with Crippen molar-refractivity contribution < 1.29 is 24.6 Å². The van der Waals surface area contributed by atoms with Crippen LogP contribution in [0.25, 0.3) is 6.08 Å². The van der Waals surface area contributed by atoms with E-state index in [0.29, 0.717) is 11.1 Å². The van der Waals surface area contributed by atoms with Gasteiger partial charge in [-0.3, -0.25) is 9.59 Å². The molecular weight excluding hydrogens is 276 g/mol. The largest absolute Gasteiger partial charge is 0.480 e. The second-order valence-corrected chi connectivity index (χ2v) is 4.23. The predicted molar refractivity (Wildman–Crippen MR) is 75.3 cm³/mol. The summed E-state index contributed by atoms with van der Waals surface area (Å²) < 4.78 is 0. The van der Waals surface area contributed by atoms with Crippen molar-refractivity contribution in [3.8, 4) is 0 Å². The van der Waals surface area contributed by atoms with E-state index in [2.05, 4.69) is 5.32 Å². The fourth-order valence-electron chi connectivity index (χ4n) is 1.54. The van der Waals surface area contributed by atoms with E-state index >= 15 is 0 Å². The number of nitrogens with one attached hydrogen (secondary N) is 1. The van der Waals surface area contributed by atoms with Crippen molar-refractivity contribution in [2.75, 3.05) is 6.61 Å². The van der Waals surface area contributed by atoms with Gasteiger partial charge in [0.1, 0.15) is 6.04 Å². The number of aliphatic hydroxyl groups is 1. The lowest BCUT2D eigenvalue weighted by Gasteiger charge is -2.11. The molecule has 0 heterocycles. The summed E-state index contributed by atoms with van der Waals surface area (Å²) in [5.74, 6) is -2.34. The molecule has 2 amide bonds. The Kier molecular flexibility index (Phi) is 6.09. The molecule has 0 aliphatic heterocycles. The van der Waals surface area contributed by atoms with Gasteiger partial charge in [0.2, 0.25) is 11.8 Å². The quantitative estimate of drug-likeness (QED) is 0.515. The van der Waals surface area contributed by atoms with Crippen LogP contribution in [-0.2, 0) is 9.59 Å². The van der Waals surface area contributed by atoms with Gasteiger partial charge in [-0.15, -0.1) is 0 Å². The molecule has 1 unspecified atom stereocenters. The third-order valence-corrected chi connectivity index (χ3v) is 2.65. The lowest BCUT2D eigenvalue weighted by molar-refractivity contribution is -0.141. The first-order chi connectivity index (χ1) is 9.93. The molecule has 7 heteroatoms. The Labute approximate surface area is 121 Å². The van der Waals surface area contributed by atoms with Crippen molar-refractivity contribution in [3.63, 3.8) is 0 Å². The third-order valence-electron chi connectivity index (χ3n) is 2.65. The van der Waals surface area contributed by atoms with Crippen LogP contribution in [0.2, 0.25) is 0 Å². The van der Waals surface area contributed by atoms with E-state index in [1.807, 2.05) is 0 Å². The normalized spacial score (nSPS) is 12.0. The first-order valence-electron chi connectivity index (χ1n) is 6.16. The molecule has 1 atom stereocenters. The van der Waals surface area contributed by atoms with E-state index in [1.54, 1.807) is 12.1 Å². The minimum Gasteiger partial charge on any atom is -0.480 e. The molecule has 21 heavy (non-hydrogen) atoms. The molecule has 1 rings (SSSR count). The summed E-state index contributed by atoms with van der Waals surface area (Å²) in [6.07, 6.45) is 2.58. The predicted octanol–water partition coefficient (Wildman–Crippen LogP) is -0.250. The molecule has 0 aliphatic carbocycles. The fourth-order valence-corrected chi connectivity index (χ4v) is 1.54. The molecule has 0 saturated carbocycles. The number of carbonyl (C=O) groups excluding carboxylic acids is 2. The van der Waals surface area contributed by atoms with Gasteiger partial charge in [0.15, 0.2) is 0 Å². The highest BCUT2D eigenvalue weighted by atomic mass is 16.4. The van der Waals surface area contributed by atoms with Crippen LogP contribution < -0.4 is 11.1 Å². The second-order valence-electron chi connectivity index (χ2n) is 4.23. The lowest BCUT2D eigenvalue weighted by atomic mass is 10.1. The zero-order valence-electron chi connectivity index (χ0n) is 11.2. The SMILES string of the molecule is NC(=O)c1ccc(/C=C/C(=O)NC(CCO)C(=O)O)cc1. The maximum absolute atomic E-state index is 11.6. The summed E-state index contributed by atoms with van der Waals surface area (Å²) in [4.78, 5) is 33.3. The highest BCUT2D eigenvalue weighted by Gasteiger charge is 2.17. The van der Waals surface area contributed by atoms with Gasteiger partial charge in [0.25, 0.3) is 0 Å². The number of rotatable bonds is 7. The molecule has 0 fully saturated rings. The standard InChI is InChI=1S/C14H16N2O5/c15-13(19)10-4-1-9(2-5-10)3-6-12(18)16-11(7-8-17)14(20)21/h1-6,11,17H,7-8H2,(H2,15,19)(H,16,18)(H,20,21)/b6-3+. The molecule has 0 bridgehead atoms. The maximum Gasteiger partial charge on any atom is 0.326 e. The highest BCUT2D eigenvalue weighted by Crippen LogP contribution is 2.05. The Balaban J connectivity index is 2.64. The molecule has 5 N–H and O–H groups in total. The minimum absolute atomic E-state index is 0.0672. The molecule has 112 valence electrons. The van der Waals surface area contributed by atoms with Gasteiger partial charge in [-0.2, -0.15) is 0 Å². The van der Waals surface area contributed by atoms with Crippen LogP contribution in [0.1, 0.15) is 22.3 Å². The van der Waals surface area contributed by atoms with Crippen molar-refractivity contribution in [3.05, 3.63) is 41.5 Å². The van der Waals surface area contributed by atoms with Crippen LogP contribution in [0.3, 0.4) is 0 Å². The average Bonchev–Trinajstić information content (AvgIpc) is 2.45. The number of carboxylic acid groups (broad SMARTS) is 1.